The first-order valence-corrected chi connectivity index (χ1v) is 5.18. The molecule has 0 heterocycles. The summed E-state index contributed by atoms with van der Waals surface area (Å²) in [5.41, 5.74) is 0.923. The van der Waals surface area contributed by atoms with E-state index in [0.29, 0.717) is 12.6 Å². The van der Waals surface area contributed by atoms with Crippen LogP contribution in [0.4, 0.5) is 4.39 Å². The van der Waals surface area contributed by atoms with E-state index in [1.807, 2.05) is 6.07 Å². The zero-order valence-electron chi connectivity index (χ0n) is 8.48. The highest BCUT2D eigenvalue weighted by Gasteiger charge is 2.02. The van der Waals surface area contributed by atoms with Gasteiger partial charge in [0.2, 0.25) is 0 Å². The van der Waals surface area contributed by atoms with Gasteiger partial charge in [0.25, 0.3) is 0 Å². The lowest BCUT2D eigenvalue weighted by Crippen LogP contribution is -2.24. The Balaban J connectivity index is 2.55. The predicted molar refractivity (Wildman–Crippen MR) is 58.0 cm³/mol. The average molecular weight is 216 g/mol. The number of hydrogen-bond donors (Lipinski definition) is 1. The van der Waals surface area contributed by atoms with Crippen molar-refractivity contribution in [2.75, 3.05) is 0 Å². The molecule has 1 N–H and O–H groups in total. The molecule has 14 heavy (non-hydrogen) atoms. The first kappa shape index (κ1) is 11.5. The van der Waals surface area contributed by atoms with Crippen LogP contribution in [0.2, 0.25) is 5.02 Å². The van der Waals surface area contributed by atoms with Gasteiger partial charge in [0.05, 0.1) is 5.02 Å². The number of benzene rings is 1. The van der Waals surface area contributed by atoms with Gasteiger partial charge in [0.1, 0.15) is 5.82 Å². The van der Waals surface area contributed by atoms with Crippen LogP contribution in [0.3, 0.4) is 0 Å². The maximum absolute atomic E-state index is 13.0. The predicted octanol–water partition coefficient (Wildman–Crippen LogP) is 3.37. The summed E-state index contributed by atoms with van der Waals surface area (Å²) in [6, 6.07) is 5.34. The summed E-state index contributed by atoms with van der Waals surface area (Å²) >= 11 is 5.58. The van der Waals surface area contributed by atoms with Crippen molar-refractivity contribution in [3.8, 4) is 0 Å². The summed E-state index contributed by atoms with van der Waals surface area (Å²) in [6.45, 7) is 4.90. The average Bonchev–Trinajstić information content (AvgIpc) is 2.19. The summed E-state index contributed by atoms with van der Waals surface area (Å²) in [7, 11) is 0. The Bertz CT molecular complexity index is 301. The minimum Gasteiger partial charge on any atom is -0.310 e. The highest BCUT2D eigenvalue weighted by molar-refractivity contribution is 6.30. The van der Waals surface area contributed by atoms with Gasteiger partial charge in [0.15, 0.2) is 0 Å². The van der Waals surface area contributed by atoms with Crippen molar-refractivity contribution in [2.45, 2.75) is 32.9 Å². The fourth-order valence-electron chi connectivity index (χ4n) is 1.09. The molecule has 78 valence electrons. The van der Waals surface area contributed by atoms with Crippen LogP contribution in [0.1, 0.15) is 25.8 Å². The Morgan fingerprint density at radius 2 is 2.21 bits per heavy atom. The van der Waals surface area contributed by atoms with Crippen LogP contribution in [-0.2, 0) is 6.54 Å². The molecule has 3 heteroatoms. The van der Waals surface area contributed by atoms with E-state index in [2.05, 4.69) is 19.2 Å². The third-order valence-electron chi connectivity index (χ3n) is 2.25. The van der Waals surface area contributed by atoms with Gasteiger partial charge in [-0.3, -0.25) is 0 Å². The van der Waals surface area contributed by atoms with E-state index in [9.17, 15) is 4.39 Å². The summed E-state index contributed by atoms with van der Waals surface area (Å²) in [5, 5.41) is 3.46. The Kier molecular flexibility index (Phi) is 4.36. The van der Waals surface area contributed by atoms with Crippen LogP contribution < -0.4 is 5.32 Å². The van der Waals surface area contributed by atoms with Crippen molar-refractivity contribution in [2.24, 2.45) is 0 Å². The third kappa shape index (κ3) is 3.28. The van der Waals surface area contributed by atoms with Gasteiger partial charge in [-0.2, -0.15) is 0 Å². The van der Waals surface area contributed by atoms with Crippen molar-refractivity contribution in [3.63, 3.8) is 0 Å². The van der Waals surface area contributed by atoms with E-state index >= 15 is 0 Å². The molecule has 0 aliphatic rings. The minimum absolute atomic E-state index is 0.178. The molecule has 1 atom stereocenters. The van der Waals surface area contributed by atoms with Crippen LogP contribution >= 0.6 is 11.6 Å². The van der Waals surface area contributed by atoms with E-state index in [1.165, 1.54) is 6.07 Å². The van der Waals surface area contributed by atoms with E-state index in [-0.39, 0.29) is 10.8 Å². The van der Waals surface area contributed by atoms with Gasteiger partial charge in [-0.25, -0.2) is 4.39 Å². The van der Waals surface area contributed by atoms with Crippen LogP contribution in [-0.4, -0.2) is 6.04 Å². The third-order valence-corrected chi connectivity index (χ3v) is 2.56. The molecule has 1 aromatic rings. The van der Waals surface area contributed by atoms with Crippen LogP contribution in [0.25, 0.3) is 0 Å². The zero-order chi connectivity index (χ0) is 10.6. The first-order valence-electron chi connectivity index (χ1n) is 4.80. The standard InChI is InChI=1S/C11H15ClFN/c1-3-8(2)14-7-9-4-5-10(12)11(13)6-9/h4-6,8,14H,3,7H2,1-2H3/t8-/m0/s1. The van der Waals surface area contributed by atoms with Crippen molar-refractivity contribution in [3.05, 3.63) is 34.6 Å². The molecule has 0 bridgehead atoms. The highest BCUT2D eigenvalue weighted by Crippen LogP contribution is 2.15. The van der Waals surface area contributed by atoms with Crippen molar-refractivity contribution < 1.29 is 4.39 Å². The lowest BCUT2D eigenvalue weighted by molar-refractivity contribution is 0.532. The highest BCUT2D eigenvalue weighted by atomic mass is 35.5. The maximum atomic E-state index is 13.0. The molecule has 1 nitrogen and oxygen atoms in total. The van der Waals surface area contributed by atoms with E-state index < -0.39 is 0 Å². The van der Waals surface area contributed by atoms with E-state index in [4.69, 9.17) is 11.6 Å². The molecule has 0 fully saturated rings. The quantitative estimate of drug-likeness (QED) is 0.812. The van der Waals surface area contributed by atoms with Crippen LogP contribution in [0.15, 0.2) is 18.2 Å². The van der Waals surface area contributed by atoms with Crippen LogP contribution in [0.5, 0.6) is 0 Å². The van der Waals surface area contributed by atoms with Crippen molar-refractivity contribution in [1.29, 1.82) is 0 Å². The summed E-state index contributed by atoms with van der Waals surface area (Å²) < 4.78 is 13.0. The van der Waals surface area contributed by atoms with Crippen molar-refractivity contribution in [1.82, 2.24) is 5.32 Å². The normalized spacial score (nSPS) is 12.9. The Hall–Kier alpha value is -0.600. The molecular weight excluding hydrogens is 201 g/mol. The maximum Gasteiger partial charge on any atom is 0.142 e. The van der Waals surface area contributed by atoms with Gasteiger partial charge in [-0.1, -0.05) is 24.6 Å². The molecule has 0 aliphatic carbocycles. The van der Waals surface area contributed by atoms with Crippen molar-refractivity contribution >= 4 is 11.6 Å². The molecular formula is C11H15ClFN. The molecule has 1 aromatic carbocycles. The number of rotatable bonds is 4. The molecule has 0 saturated heterocycles. The lowest BCUT2D eigenvalue weighted by Gasteiger charge is -2.11. The van der Waals surface area contributed by atoms with Gasteiger partial charge in [-0.05, 0) is 31.0 Å². The molecule has 0 saturated carbocycles. The fourth-order valence-corrected chi connectivity index (χ4v) is 1.20. The lowest BCUT2D eigenvalue weighted by atomic mass is 10.2. The Labute approximate surface area is 89.3 Å². The second-order valence-corrected chi connectivity index (χ2v) is 3.85. The zero-order valence-corrected chi connectivity index (χ0v) is 9.24. The van der Waals surface area contributed by atoms with E-state index in [1.54, 1.807) is 6.07 Å². The second kappa shape index (κ2) is 5.32. The molecule has 1 rings (SSSR count). The summed E-state index contributed by atoms with van der Waals surface area (Å²) in [4.78, 5) is 0. The SMILES string of the molecule is CC[C@H](C)NCc1ccc(Cl)c(F)c1. The van der Waals surface area contributed by atoms with Gasteiger partial charge in [0, 0.05) is 12.6 Å². The molecule has 0 aliphatic heterocycles. The van der Waals surface area contributed by atoms with Gasteiger partial charge >= 0.3 is 0 Å². The van der Waals surface area contributed by atoms with Gasteiger partial charge in [-0.15, -0.1) is 0 Å². The molecule has 0 amide bonds. The minimum atomic E-state index is -0.352. The number of hydrogen-bond acceptors (Lipinski definition) is 1. The molecule has 0 aromatic heterocycles. The number of nitrogens with one attached hydrogen (secondary N) is 1. The Morgan fingerprint density at radius 3 is 2.79 bits per heavy atom. The Morgan fingerprint density at radius 1 is 1.50 bits per heavy atom. The fraction of sp³-hybridized carbons (Fsp3) is 0.455. The smallest absolute Gasteiger partial charge is 0.142 e. The van der Waals surface area contributed by atoms with E-state index in [0.717, 1.165) is 12.0 Å². The van der Waals surface area contributed by atoms with Gasteiger partial charge < -0.3 is 5.32 Å². The van der Waals surface area contributed by atoms with Crippen LogP contribution in [0, 0.1) is 5.82 Å². The molecule has 0 spiro atoms. The monoisotopic (exact) mass is 215 g/mol. The summed E-state index contributed by atoms with van der Waals surface area (Å²) in [6.07, 6.45) is 1.07. The first-order chi connectivity index (χ1) is 6.63. The second-order valence-electron chi connectivity index (χ2n) is 3.44. The molecule has 0 radical (unpaired) electrons. The summed E-state index contributed by atoms with van der Waals surface area (Å²) in [5.74, 6) is -0.352. The topological polar surface area (TPSA) is 12.0 Å². The molecule has 0 unspecified atom stereocenters. The largest absolute Gasteiger partial charge is 0.310 e. The number of halogens is 2.